The van der Waals surface area contributed by atoms with Gasteiger partial charge in [-0.05, 0) is 24.3 Å². The van der Waals surface area contributed by atoms with Crippen molar-refractivity contribution in [3.63, 3.8) is 0 Å². The Kier molecular flexibility index (Phi) is 16.5. The Morgan fingerprint density at radius 1 is 0.440 bits per heavy atom. The van der Waals surface area contributed by atoms with Crippen LogP contribution in [0.4, 0.5) is 105 Å². The van der Waals surface area contributed by atoms with Gasteiger partial charge < -0.3 is 4.74 Å². The van der Waals surface area contributed by atoms with E-state index >= 15 is 0 Å². The minimum Gasteiger partial charge on any atom is -0.450 e. The maximum absolute atomic E-state index is 14.2. The summed E-state index contributed by atoms with van der Waals surface area (Å²) in [5, 5.41) is 0. The highest BCUT2D eigenvalue weighted by molar-refractivity contribution is 7.80. The zero-order valence-electron chi connectivity index (χ0n) is 36.3. The molecule has 0 aliphatic rings. The molecule has 0 aliphatic heterocycles. The van der Waals surface area contributed by atoms with Crippen LogP contribution in [0.3, 0.4) is 0 Å². The third-order valence-corrected chi connectivity index (χ3v) is 10.9. The van der Waals surface area contributed by atoms with Crippen LogP contribution in [0.25, 0.3) is 0 Å². The first-order valence-electron chi connectivity index (χ1n) is 20.1. The molecule has 1 aromatic heterocycles. The van der Waals surface area contributed by atoms with Crippen LogP contribution in [0.2, 0.25) is 0 Å². The normalized spacial score (nSPS) is 13.3. The summed E-state index contributed by atoms with van der Waals surface area (Å²) in [6.45, 7) is 0.685. The third-order valence-electron chi connectivity index (χ3n) is 10.8. The number of carbonyl (C=O) groups excluding carboxylic acids is 1. The Balaban J connectivity index is 0.000000483. The zero-order valence-corrected chi connectivity index (χ0v) is 37.2. The molecular weight excluding hydrogens is 1100 g/mol. The van der Waals surface area contributed by atoms with Crippen molar-refractivity contribution in [2.45, 2.75) is 56.0 Å². The SMILES string of the molecule is FC(F)(F)c1cc([B-](c2cc(C(F)(F)F)cc(C(F)(F)F)c2)(c2cc(C(F)(F)F)cc(C(F)(F)F)c2)c2cc(C(F)(F)F)cc(C(F)(F)F)c2)cc(C(F)(F)F)c1.O=C(OCS)c1c[n+](Cc2ccccc2)ccn1. The number of rotatable bonds is 8. The fourth-order valence-electron chi connectivity index (χ4n) is 7.63. The molecular formula is C45H25BF24N2O2S. The van der Waals surface area contributed by atoms with Crippen molar-refractivity contribution in [3.8, 4) is 0 Å². The number of carbonyl (C=O) groups is 1. The molecule has 4 nitrogen and oxygen atoms in total. The van der Waals surface area contributed by atoms with Gasteiger partial charge in [-0.2, -0.15) is 132 Å². The van der Waals surface area contributed by atoms with Crippen molar-refractivity contribution in [1.82, 2.24) is 4.98 Å². The van der Waals surface area contributed by atoms with E-state index in [1.165, 1.54) is 0 Å². The van der Waals surface area contributed by atoms with E-state index < -0.39 is 201 Å². The molecule has 0 saturated carbocycles. The predicted octanol–water partition coefficient (Wildman–Crippen LogP) is 12.7. The lowest BCUT2D eigenvalue weighted by atomic mass is 9.12. The number of hydrogen-bond donors (Lipinski definition) is 1. The van der Waals surface area contributed by atoms with E-state index in [9.17, 15) is 110 Å². The molecule has 404 valence electrons. The van der Waals surface area contributed by atoms with Crippen LogP contribution < -0.4 is 26.4 Å². The summed E-state index contributed by atoms with van der Waals surface area (Å²) in [7, 11) is 0. The highest BCUT2D eigenvalue weighted by Crippen LogP contribution is 2.41. The number of aromatic nitrogens is 2. The molecule has 1 heterocycles. The molecule has 0 bridgehead atoms. The average Bonchev–Trinajstić information content (AvgIpc) is 3.27. The summed E-state index contributed by atoms with van der Waals surface area (Å²) in [5.41, 5.74) is -28.8. The van der Waals surface area contributed by atoms with Crippen LogP contribution in [-0.4, -0.2) is 23.0 Å². The van der Waals surface area contributed by atoms with Crippen molar-refractivity contribution in [1.29, 1.82) is 0 Å². The topological polar surface area (TPSA) is 43.1 Å². The fraction of sp³-hybridized carbons (Fsp3) is 0.222. The van der Waals surface area contributed by atoms with Gasteiger partial charge in [-0.15, -0.1) is 12.6 Å². The van der Waals surface area contributed by atoms with Gasteiger partial charge in [0.25, 0.3) is 0 Å². The van der Waals surface area contributed by atoms with Gasteiger partial charge in [0.2, 0.25) is 11.9 Å². The summed E-state index contributed by atoms with van der Waals surface area (Å²) < 4.78 is 347. The minimum absolute atomic E-state index is 0.0497. The van der Waals surface area contributed by atoms with E-state index in [1.54, 1.807) is 12.4 Å². The van der Waals surface area contributed by atoms with Crippen LogP contribution >= 0.6 is 12.6 Å². The van der Waals surface area contributed by atoms with Crippen LogP contribution in [0.1, 0.15) is 60.6 Å². The molecule has 5 aromatic carbocycles. The highest BCUT2D eigenvalue weighted by Gasteiger charge is 2.47. The van der Waals surface area contributed by atoms with Crippen LogP contribution in [0, 0.1) is 0 Å². The standard InChI is InChI=1S/C32H12BF24.C13H12N2O2S/c34-25(35,36)13-1-14(26(37,38)39)6-21(5-13)33(22-7-15(27(40,41)42)2-16(8-22)28(43,44)45,23-9-17(29(46,47)48)3-18(10-23)30(49,50)51)24-11-19(31(52,53)54)4-20(12-24)32(55,56)57;16-13(17-10-18)12-9-15(7-6-14-12)8-11-4-2-1-3-5-11/h1-12H;1-7,9H,8,10H2/q-1;/p+1. The summed E-state index contributed by atoms with van der Waals surface area (Å²) >= 11 is 3.84. The Morgan fingerprint density at radius 3 is 0.947 bits per heavy atom. The van der Waals surface area contributed by atoms with E-state index in [0.29, 0.717) is 6.54 Å². The first-order valence-corrected chi connectivity index (χ1v) is 20.7. The molecule has 6 rings (SSSR count). The molecule has 0 atom stereocenters. The lowest BCUT2D eigenvalue weighted by Crippen LogP contribution is -2.75. The minimum atomic E-state index is -6.13. The van der Waals surface area contributed by atoms with Crippen molar-refractivity contribution < 1.29 is 119 Å². The van der Waals surface area contributed by atoms with Gasteiger partial charge in [0.1, 0.15) is 12.1 Å². The molecule has 0 fully saturated rings. The van der Waals surface area contributed by atoms with E-state index in [-0.39, 0.29) is 11.6 Å². The number of esters is 1. The zero-order chi connectivity index (χ0) is 56.7. The van der Waals surface area contributed by atoms with Gasteiger partial charge in [0.15, 0.2) is 12.7 Å². The lowest BCUT2D eigenvalue weighted by molar-refractivity contribution is -0.689. The molecule has 0 spiro atoms. The smallest absolute Gasteiger partial charge is 0.416 e. The van der Waals surface area contributed by atoms with E-state index in [2.05, 4.69) is 17.6 Å². The second kappa shape index (κ2) is 20.8. The molecule has 0 unspecified atom stereocenters. The van der Waals surface area contributed by atoms with Crippen molar-refractivity contribution in [3.05, 3.63) is 177 Å². The maximum atomic E-state index is 14.2. The molecule has 0 N–H and O–H groups in total. The molecule has 6 aromatic rings. The summed E-state index contributed by atoms with van der Waals surface area (Å²) in [4.78, 5) is 15.5. The fourth-order valence-corrected chi connectivity index (χ4v) is 7.75. The molecule has 30 heteroatoms. The monoisotopic (exact) mass is 1120 g/mol. The number of ether oxygens (including phenoxy) is 1. The van der Waals surface area contributed by atoms with Crippen molar-refractivity contribution >= 4 is 46.6 Å². The largest absolute Gasteiger partial charge is 0.450 e. The maximum Gasteiger partial charge on any atom is 0.416 e. The summed E-state index contributed by atoms with van der Waals surface area (Å²) in [5.74, 6) is -0.416. The van der Waals surface area contributed by atoms with Crippen LogP contribution in [0.15, 0.2) is 122 Å². The van der Waals surface area contributed by atoms with Gasteiger partial charge in [-0.1, -0.05) is 78.9 Å². The second-order valence-electron chi connectivity index (χ2n) is 15.9. The van der Waals surface area contributed by atoms with E-state index in [4.69, 9.17) is 4.74 Å². The van der Waals surface area contributed by atoms with Gasteiger partial charge in [-0.3, -0.25) is 0 Å². The third kappa shape index (κ3) is 14.2. The van der Waals surface area contributed by atoms with E-state index in [0.717, 1.165) is 5.56 Å². The van der Waals surface area contributed by atoms with Gasteiger partial charge in [-0.25, -0.2) is 9.78 Å². The highest BCUT2D eigenvalue weighted by atomic mass is 32.1. The van der Waals surface area contributed by atoms with Gasteiger partial charge >= 0.3 is 55.4 Å². The molecule has 0 amide bonds. The molecule has 0 saturated heterocycles. The number of thiol groups is 1. The second-order valence-corrected chi connectivity index (χ2v) is 16.1. The molecule has 0 radical (unpaired) electrons. The number of hydrogen-bond acceptors (Lipinski definition) is 4. The molecule has 75 heavy (non-hydrogen) atoms. The lowest BCUT2D eigenvalue weighted by Gasteiger charge is -2.46. The number of nitrogens with zero attached hydrogens (tertiary/aromatic N) is 2. The first kappa shape index (κ1) is 59.3. The molecule has 0 aliphatic carbocycles. The van der Waals surface area contributed by atoms with Gasteiger partial charge in [0, 0.05) is 5.56 Å². The number of alkyl halides is 24. The Morgan fingerprint density at radius 2 is 0.707 bits per heavy atom. The summed E-state index contributed by atoms with van der Waals surface area (Å²) in [6.07, 6.45) is -49.7. The Hall–Kier alpha value is -6.62. The quantitative estimate of drug-likeness (QED) is 0.0412. The summed E-state index contributed by atoms with van der Waals surface area (Å²) in [6, 6.07) is 1.17. The van der Waals surface area contributed by atoms with Crippen molar-refractivity contribution in [2.75, 3.05) is 5.94 Å². The average molecular weight is 1120 g/mol. The van der Waals surface area contributed by atoms with Gasteiger partial charge in [0.05, 0.1) is 50.7 Å². The van der Waals surface area contributed by atoms with Crippen LogP contribution in [0.5, 0.6) is 0 Å². The van der Waals surface area contributed by atoms with E-state index in [1.807, 2.05) is 41.1 Å². The number of benzene rings is 5. The van der Waals surface area contributed by atoms with Crippen molar-refractivity contribution in [2.24, 2.45) is 0 Å². The Bertz CT molecular complexity index is 2570. The predicted molar refractivity (Wildman–Crippen MR) is 219 cm³/mol. The number of halogens is 24. The van der Waals surface area contributed by atoms with Crippen LogP contribution in [-0.2, 0) is 60.7 Å². The Labute approximate surface area is 409 Å². The first-order chi connectivity index (χ1) is 34.1.